The highest BCUT2D eigenvalue weighted by Crippen LogP contribution is 2.27. The van der Waals surface area contributed by atoms with E-state index in [2.05, 4.69) is 0 Å². The Morgan fingerprint density at radius 2 is 2.14 bits per heavy atom. The second-order valence-corrected chi connectivity index (χ2v) is 3.73. The zero-order chi connectivity index (χ0) is 10.7. The molecule has 0 saturated heterocycles. The third-order valence-corrected chi connectivity index (χ3v) is 2.18. The van der Waals surface area contributed by atoms with E-state index in [1.54, 1.807) is 20.1 Å². The minimum absolute atomic E-state index is 0.102. The number of halogens is 1. The zero-order valence-electron chi connectivity index (χ0n) is 8.56. The van der Waals surface area contributed by atoms with Crippen LogP contribution in [0, 0.1) is 6.92 Å². The Morgan fingerprint density at radius 3 is 2.64 bits per heavy atom. The molecule has 0 heterocycles. The highest BCUT2D eigenvalue weighted by molar-refractivity contribution is 6.30. The Hall–Kier alpha value is -1.02. The predicted molar refractivity (Wildman–Crippen MR) is 57.1 cm³/mol. The molecule has 0 saturated carbocycles. The van der Waals surface area contributed by atoms with Gasteiger partial charge in [-0.3, -0.25) is 4.79 Å². The molecule has 1 aromatic carbocycles. The molecule has 2 nitrogen and oxygen atoms in total. The van der Waals surface area contributed by atoms with Crippen LogP contribution in [0.25, 0.3) is 0 Å². The van der Waals surface area contributed by atoms with Crippen molar-refractivity contribution in [3.8, 4) is 5.75 Å². The maximum absolute atomic E-state index is 11.0. The maximum Gasteiger partial charge on any atom is 0.134 e. The molecule has 1 rings (SSSR count). The fourth-order valence-corrected chi connectivity index (χ4v) is 1.79. The molecule has 0 aliphatic carbocycles. The van der Waals surface area contributed by atoms with Crippen LogP contribution >= 0.6 is 11.6 Å². The van der Waals surface area contributed by atoms with Gasteiger partial charge in [-0.1, -0.05) is 11.6 Å². The number of carbonyl (C=O) groups is 1. The van der Waals surface area contributed by atoms with E-state index in [0.717, 1.165) is 16.9 Å². The number of Topliss-reactive ketones (excluding diaryl/α,β-unsaturated/α-hetero) is 1. The van der Waals surface area contributed by atoms with E-state index < -0.39 is 0 Å². The summed E-state index contributed by atoms with van der Waals surface area (Å²) in [5.74, 6) is 0.856. The topological polar surface area (TPSA) is 26.3 Å². The summed E-state index contributed by atoms with van der Waals surface area (Å²) < 4.78 is 5.22. The maximum atomic E-state index is 11.0. The first-order chi connectivity index (χ1) is 6.54. The average Bonchev–Trinajstić information content (AvgIpc) is 2.01. The lowest BCUT2D eigenvalue weighted by atomic mass is 10.1. The Kier molecular flexibility index (Phi) is 3.53. The van der Waals surface area contributed by atoms with Crippen LogP contribution in [0.4, 0.5) is 0 Å². The number of methoxy groups -OCH3 is 1. The quantitative estimate of drug-likeness (QED) is 0.770. The van der Waals surface area contributed by atoms with Crippen LogP contribution in [0.1, 0.15) is 18.1 Å². The van der Waals surface area contributed by atoms with Crippen molar-refractivity contribution in [3.63, 3.8) is 0 Å². The van der Waals surface area contributed by atoms with Crippen molar-refractivity contribution in [1.82, 2.24) is 0 Å². The Balaban J connectivity index is 3.17. The summed E-state index contributed by atoms with van der Waals surface area (Å²) in [5.41, 5.74) is 1.81. The van der Waals surface area contributed by atoms with Crippen molar-refractivity contribution in [3.05, 3.63) is 28.3 Å². The average molecular weight is 213 g/mol. The molecule has 14 heavy (non-hydrogen) atoms. The van der Waals surface area contributed by atoms with Crippen LogP contribution in [0.2, 0.25) is 5.02 Å². The van der Waals surface area contributed by atoms with Gasteiger partial charge < -0.3 is 4.74 Å². The van der Waals surface area contributed by atoms with Crippen LogP contribution in [-0.4, -0.2) is 12.9 Å². The summed E-state index contributed by atoms with van der Waals surface area (Å²) in [6.07, 6.45) is 0.366. The first kappa shape index (κ1) is 11.1. The first-order valence-electron chi connectivity index (χ1n) is 4.37. The summed E-state index contributed by atoms with van der Waals surface area (Å²) >= 11 is 5.90. The number of aryl methyl sites for hydroxylation is 1. The highest BCUT2D eigenvalue weighted by Gasteiger charge is 2.09. The molecule has 0 N–H and O–H groups in total. The molecule has 0 spiro atoms. The first-order valence-corrected chi connectivity index (χ1v) is 4.75. The molecule has 0 aliphatic rings. The van der Waals surface area contributed by atoms with E-state index in [1.165, 1.54) is 0 Å². The summed E-state index contributed by atoms with van der Waals surface area (Å²) in [7, 11) is 1.60. The molecular formula is C11H13ClO2. The van der Waals surface area contributed by atoms with Crippen molar-refractivity contribution >= 4 is 17.4 Å². The number of carbonyl (C=O) groups excluding carboxylic acids is 1. The smallest absolute Gasteiger partial charge is 0.134 e. The molecule has 1 aromatic rings. The number of ether oxygens (including phenoxy) is 1. The number of hydrogen-bond acceptors (Lipinski definition) is 2. The van der Waals surface area contributed by atoms with Gasteiger partial charge in [0.2, 0.25) is 0 Å². The normalized spacial score (nSPS) is 10.0. The van der Waals surface area contributed by atoms with Gasteiger partial charge in [-0.05, 0) is 31.5 Å². The van der Waals surface area contributed by atoms with E-state index >= 15 is 0 Å². The monoisotopic (exact) mass is 212 g/mol. The van der Waals surface area contributed by atoms with E-state index in [9.17, 15) is 4.79 Å². The van der Waals surface area contributed by atoms with Crippen LogP contribution in [-0.2, 0) is 11.2 Å². The number of ketones is 1. The number of hydrogen-bond donors (Lipinski definition) is 0. The Morgan fingerprint density at radius 1 is 1.50 bits per heavy atom. The number of benzene rings is 1. The third kappa shape index (κ3) is 2.48. The summed E-state index contributed by atoms with van der Waals surface area (Å²) in [6.45, 7) is 3.46. The molecule has 0 fully saturated rings. The van der Waals surface area contributed by atoms with Gasteiger partial charge in [0.15, 0.2) is 0 Å². The molecule has 0 atom stereocenters. The minimum atomic E-state index is 0.102. The molecular weight excluding hydrogens is 200 g/mol. The van der Waals surface area contributed by atoms with Crippen LogP contribution in [0.3, 0.4) is 0 Å². The van der Waals surface area contributed by atoms with E-state index in [1.807, 2.05) is 13.0 Å². The van der Waals surface area contributed by atoms with Gasteiger partial charge >= 0.3 is 0 Å². The van der Waals surface area contributed by atoms with Crippen molar-refractivity contribution in [2.24, 2.45) is 0 Å². The molecule has 0 aliphatic heterocycles. The van der Waals surface area contributed by atoms with Crippen LogP contribution < -0.4 is 4.74 Å². The molecule has 0 unspecified atom stereocenters. The summed E-state index contributed by atoms with van der Waals surface area (Å²) in [4.78, 5) is 11.0. The van der Waals surface area contributed by atoms with Gasteiger partial charge in [-0.15, -0.1) is 0 Å². The van der Waals surface area contributed by atoms with Gasteiger partial charge in [0.1, 0.15) is 11.5 Å². The van der Waals surface area contributed by atoms with Gasteiger partial charge in [-0.25, -0.2) is 0 Å². The highest BCUT2D eigenvalue weighted by atomic mass is 35.5. The van der Waals surface area contributed by atoms with Crippen LogP contribution in [0.5, 0.6) is 5.75 Å². The lowest BCUT2D eigenvalue weighted by Gasteiger charge is -2.10. The molecule has 76 valence electrons. The van der Waals surface area contributed by atoms with Gasteiger partial charge in [0.05, 0.1) is 7.11 Å². The lowest BCUT2D eigenvalue weighted by Crippen LogP contribution is -2.01. The number of rotatable bonds is 3. The fraction of sp³-hybridized carbons (Fsp3) is 0.364. The third-order valence-electron chi connectivity index (χ3n) is 1.96. The lowest BCUT2D eigenvalue weighted by molar-refractivity contribution is -0.116. The van der Waals surface area contributed by atoms with E-state index in [4.69, 9.17) is 16.3 Å². The Bertz CT molecular complexity index is 359. The van der Waals surface area contributed by atoms with Crippen molar-refractivity contribution in [2.75, 3.05) is 7.11 Å². The zero-order valence-corrected chi connectivity index (χ0v) is 9.31. The largest absolute Gasteiger partial charge is 0.496 e. The van der Waals surface area contributed by atoms with Gasteiger partial charge in [0, 0.05) is 17.0 Å². The van der Waals surface area contributed by atoms with Crippen LogP contribution in [0.15, 0.2) is 12.1 Å². The Labute approximate surface area is 88.8 Å². The predicted octanol–water partition coefficient (Wildman–Crippen LogP) is 2.79. The van der Waals surface area contributed by atoms with Crippen molar-refractivity contribution < 1.29 is 9.53 Å². The second-order valence-electron chi connectivity index (χ2n) is 3.29. The summed E-state index contributed by atoms with van der Waals surface area (Å²) in [5, 5.41) is 0.638. The molecule has 0 amide bonds. The minimum Gasteiger partial charge on any atom is -0.496 e. The molecule has 3 heteroatoms. The van der Waals surface area contributed by atoms with Crippen molar-refractivity contribution in [2.45, 2.75) is 20.3 Å². The van der Waals surface area contributed by atoms with Crippen molar-refractivity contribution in [1.29, 1.82) is 0 Å². The van der Waals surface area contributed by atoms with Gasteiger partial charge in [-0.2, -0.15) is 0 Å². The fourth-order valence-electron chi connectivity index (χ4n) is 1.49. The van der Waals surface area contributed by atoms with E-state index in [-0.39, 0.29) is 5.78 Å². The van der Waals surface area contributed by atoms with Gasteiger partial charge in [0.25, 0.3) is 0 Å². The molecule has 0 radical (unpaired) electrons. The molecule has 0 bridgehead atoms. The second kappa shape index (κ2) is 4.47. The standard InChI is InChI=1S/C11H13ClO2/c1-7-4-10(12)6-9(5-8(2)13)11(7)14-3/h4,6H,5H2,1-3H3. The van der Waals surface area contributed by atoms with E-state index in [0.29, 0.717) is 11.4 Å². The summed E-state index contributed by atoms with van der Waals surface area (Å²) in [6, 6.07) is 3.60. The molecule has 0 aromatic heterocycles. The SMILES string of the molecule is COc1c(C)cc(Cl)cc1CC(C)=O.